The van der Waals surface area contributed by atoms with Crippen molar-refractivity contribution in [2.45, 2.75) is 45.2 Å². The fourth-order valence-electron chi connectivity index (χ4n) is 3.55. The summed E-state index contributed by atoms with van der Waals surface area (Å²) in [6.45, 7) is 5.62. The summed E-state index contributed by atoms with van der Waals surface area (Å²) in [4.78, 5) is 40.1. The molecule has 1 aromatic heterocycles. The Morgan fingerprint density at radius 3 is 2.61 bits per heavy atom. The molecule has 2 heterocycles. The second kappa shape index (κ2) is 9.38. The molecule has 0 spiro atoms. The molecular formula is C22H26ClN3O4S. The Hall–Kier alpha value is -2.42. The third kappa shape index (κ3) is 5.26. The molecule has 1 saturated heterocycles. The van der Waals surface area contributed by atoms with Crippen LogP contribution in [0, 0.1) is 6.92 Å². The number of rotatable bonds is 6. The number of nitrogens with one attached hydrogen (secondary N) is 2. The van der Waals surface area contributed by atoms with Gasteiger partial charge in [0.2, 0.25) is 5.91 Å². The average Bonchev–Trinajstić information content (AvgIpc) is 3.36. The number of carbonyl (C=O) groups excluding carboxylic acids is 3. The van der Waals surface area contributed by atoms with Crippen molar-refractivity contribution >= 4 is 46.3 Å². The summed E-state index contributed by atoms with van der Waals surface area (Å²) in [5.41, 5.74) is 0.627. The zero-order chi connectivity index (χ0) is 22.8. The second-order valence-electron chi connectivity index (χ2n) is 8.14. The minimum absolute atomic E-state index is 0.0442. The molecular weight excluding hydrogens is 438 g/mol. The fourth-order valence-corrected chi connectivity index (χ4v) is 4.49. The predicted octanol–water partition coefficient (Wildman–Crippen LogP) is 3.45. The summed E-state index contributed by atoms with van der Waals surface area (Å²) in [6, 6.07) is 8.17. The van der Waals surface area contributed by atoms with Gasteiger partial charge in [0, 0.05) is 17.8 Å². The first-order valence-electron chi connectivity index (χ1n) is 10.0. The van der Waals surface area contributed by atoms with E-state index in [1.54, 1.807) is 56.0 Å². The lowest BCUT2D eigenvalue weighted by atomic mass is 10.0. The van der Waals surface area contributed by atoms with Crippen molar-refractivity contribution in [2.24, 2.45) is 0 Å². The van der Waals surface area contributed by atoms with Crippen LogP contribution in [0.2, 0.25) is 4.34 Å². The van der Waals surface area contributed by atoms with Crippen LogP contribution in [0.15, 0.2) is 30.3 Å². The third-order valence-electron chi connectivity index (χ3n) is 5.35. The van der Waals surface area contributed by atoms with Gasteiger partial charge in [-0.15, -0.1) is 11.3 Å². The summed E-state index contributed by atoms with van der Waals surface area (Å²) in [5.74, 6) is -0.880. The number of aryl methyl sites for hydroxylation is 1. The maximum atomic E-state index is 12.9. The minimum atomic E-state index is -1.17. The number of hydrogen-bond donors (Lipinski definition) is 3. The van der Waals surface area contributed by atoms with Gasteiger partial charge in [-0.3, -0.25) is 14.4 Å². The Morgan fingerprint density at radius 2 is 2.00 bits per heavy atom. The predicted molar refractivity (Wildman–Crippen MR) is 122 cm³/mol. The molecule has 31 heavy (non-hydrogen) atoms. The van der Waals surface area contributed by atoms with Gasteiger partial charge in [0.1, 0.15) is 5.54 Å². The monoisotopic (exact) mass is 463 g/mol. The molecule has 3 N–H and O–H groups in total. The van der Waals surface area contributed by atoms with Crippen molar-refractivity contribution in [1.82, 2.24) is 10.2 Å². The Morgan fingerprint density at radius 1 is 1.26 bits per heavy atom. The molecule has 7 nitrogen and oxygen atoms in total. The summed E-state index contributed by atoms with van der Waals surface area (Å²) < 4.78 is 0.497. The number of aliphatic hydroxyl groups is 1. The summed E-state index contributed by atoms with van der Waals surface area (Å²) in [5, 5.41) is 15.0. The molecule has 0 unspecified atom stereocenters. The fraction of sp³-hybridized carbons (Fsp3) is 0.409. The van der Waals surface area contributed by atoms with Gasteiger partial charge in [0.15, 0.2) is 0 Å². The zero-order valence-electron chi connectivity index (χ0n) is 17.7. The summed E-state index contributed by atoms with van der Waals surface area (Å²) >= 11 is 7.01. The van der Waals surface area contributed by atoms with E-state index in [2.05, 4.69) is 10.6 Å². The highest BCUT2D eigenvalue weighted by molar-refractivity contribution is 7.18. The van der Waals surface area contributed by atoms with Gasteiger partial charge >= 0.3 is 0 Å². The molecule has 166 valence electrons. The first-order valence-corrected chi connectivity index (χ1v) is 11.2. The number of hydrogen-bond acceptors (Lipinski definition) is 5. The SMILES string of the molecule is Cc1cc(NC(=O)C(C)(C)NC(=O)c2ccc(Cl)s2)ccc1C(=O)N1CCC[C@@H]1CO. The highest BCUT2D eigenvalue weighted by Crippen LogP contribution is 2.24. The van der Waals surface area contributed by atoms with Crippen LogP contribution in [0.25, 0.3) is 0 Å². The number of amides is 3. The Bertz CT molecular complexity index is 1000. The van der Waals surface area contributed by atoms with E-state index in [1.165, 1.54) is 0 Å². The highest BCUT2D eigenvalue weighted by atomic mass is 35.5. The Labute approximate surface area is 190 Å². The van der Waals surface area contributed by atoms with Gasteiger partial charge in [-0.2, -0.15) is 0 Å². The van der Waals surface area contributed by atoms with Crippen LogP contribution >= 0.6 is 22.9 Å². The minimum Gasteiger partial charge on any atom is -0.394 e. The third-order valence-corrected chi connectivity index (χ3v) is 6.58. The topological polar surface area (TPSA) is 98.7 Å². The van der Waals surface area contributed by atoms with E-state index in [0.717, 1.165) is 29.7 Å². The molecule has 3 amide bonds. The molecule has 1 atom stereocenters. The van der Waals surface area contributed by atoms with E-state index in [-0.39, 0.29) is 30.4 Å². The standard InChI is InChI=1S/C22H26ClN3O4S/c1-13-11-14(6-7-16(13)20(29)26-10-4-5-15(26)12-27)24-21(30)22(2,3)25-19(28)17-8-9-18(23)31-17/h6-9,11,15,27H,4-5,10,12H2,1-3H3,(H,24,30)(H,25,28)/t15-/m1/s1. The quantitative estimate of drug-likeness (QED) is 0.611. The van der Waals surface area contributed by atoms with Crippen molar-refractivity contribution in [3.63, 3.8) is 0 Å². The van der Waals surface area contributed by atoms with Crippen molar-refractivity contribution in [3.05, 3.63) is 50.7 Å². The van der Waals surface area contributed by atoms with E-state index in [0.29, 0.717) is 27.0 Å². The lowest BCUT2D eigenvalue weighted by molar-refractivity contribution is -0.120. The molecule has 0 saturated carbocycles. The van der Waals surface area contributed by atoms with Crippen LogP contribution in [0.5, 0.6) is 0 Å². The molecule has 2 aromatic rings. The van der Waals surface area contributed by atoms with Crippen molar-refractivity contribution in [2.75, 3.05) is 18.5 Å². The molecule has 0 bridgehead atoms. The van der Waals surface area contributed by atoms with Crippen LogP contribution in [-0.4, -0.2) is 52.5 Å². The van der Waals surface area contributed by atoms with Crippen LogP contribution in [-0.2, 0) is 4.79 Å². The van der Waals surface area contributed by atoms with Gasteiger partial charge in [-0.1, -0.05) is 11.6 Å². The largest absolute Gasteiger partial charge is 0.394 e. The van der Waals surface area contributed by atoms with E-state index in [9.17, 15) is 19.5 Å². The van der Waals surface area contributed by atoms with Crippen molar-refractivity contribution in [3.8, 4) is 0 Å². The molecule has 9 heteroatoms. The highest BCUT2D eigenvalue weighted by Gasteiger charge is 2.31. The molecule has 1 aromatic carbocycles. The van der Waals surface area contributed by atoms with Crippen molar-refractivity contribution in [1.29, 1.82) is 0 Å². The number of carbonyl (C=O) groups is 3. The number of nitrogens with zero attached hydrogens (tertiary/aromatic N) is 1. The molecule has 1 fully saturated rings. The number of halogens is 1. The van der Waals surface area contributed by atoms with E-state index in [4.69, 9.17) is 11.6 Å². The smallest absolute Gasteiger partial charge is 0.262 e. The number of thiophene rings is 1. The van der Waals surface area contributed by atoms with E-state index >= 15 is 0 Å². The molecule has 1 aliphatic heterocycles. The molecule has 0 aliphatic carbocycles. The number of aliphatic hydroxyl groups excluding tert-OH is 1. The second-order valence-corrected chi connectivity index (χ2v) is 9.86. The van der Waals surface area contributed by atoms with E-state index < -0.39 is 5.54 Å². The van der Waals surface area contributed by atoms with Crippen LogP contribution in [0.4, 0.5) is 5.69 Å². The lowest BCUT2D eigenvalue weighted by Crippen LogP contribution is -2.52. The molecule has 1 aliphatic rings. The Balaban J connectivity index is 1.68. The van der Waals surface area contributed by atoms with Gasteiger partial charge in [0.25, 0.3) is 11.8 Å². The van der Waals surface area contributed by atoms with Crippen LogP contribution < -0.4 is 10.6 Å². The maximum absolute atomic E-state index is 12.9. The van der Waals surface area contributed by atoms with Gasteiger partial charge in [-0.25, -0.2) is 0 Å². The van der Waals surface area contributed by atoms with Crippen LogP contribution in [0.1, 0.15) is 52.3 Å². The van der Waals surface area contributed by atoms with Gasteiger partial charge < -0.3 is 20.6 Å². The van der Waals surface area contributed by atoms with Crippen LogP contribution in [0.3, 0.4) is 0 Å². The van der Waals surface area contributed by atoms with E-state index in [1.807, 2.05) is 0 Å². The normalized spacial score (nSPS) is 16.3. The maximum Gasteiger partial charge on any atom is 0.262 e. The summed E-state index contributed by atoms with van der Waals surface area (Å²) in [7, 11) is 0. The lowest BCUT2D eigenvalue weighted by Gasteiger charge is -2.26. The summed E-state index contributed by atoms with van der Waals surface area (Å²) in [6.07, 6.45) is 1.68. The van der Waals surface area contributed by atoms with Crippen molar-refractivity contribution < 1.29 is 19.5 Å². The average molecular weight is 464 g/mol. The molecule has 0 radical (unpaired) electrons. The molecule has 3 rings (SSSR count). The number of benzene rings is 1. The van der Waals surface area contributed by atoms with Gasteiger partial charge in [0.05, 0.1) is 21.9 Å². The first kappa shape index (κ1) is 23.2. The first-order chi connectivity index (χ1) is 14.6. The number of anilines is 1. The Kier molecular flexibility index (Phi) is 7.03. The van der Waals surface area contributed by atoms with Gasteiger partial charge in [-0.05, 0) is 69.5 Å². The zero-order valence-corrected chi connectivity index (χ0v) is 19.3. The number of likely N-dealkylation sites (tertiary alicyclic amines) is 1.